The molecule has 18 heavy (non-hydrogen) atoms. The second kappa shape index (κ2) is 14.9. The van der Waals surface area contributed by atoms with Crippen LogP contribution in [0.25, 0.3) is 0 Å². The molecule has 0 aliphatic heterocycles. The molecule has 0 aliphatic rings. The van der Waals surface area contributed by atoms with Gasteiger partial charge in [0.1, 0.15) is 0 Å². The maximum absolute atomic E-state index is 5.42. The van der Waals surface area contributed by atoms with Crippen molar-refractivity contribution in [3.8, 4) is 0 Å². The Hall–Kier alpha value is -0.120. The summed E-state index contributed by atoms with van der Waals surface area (Å²) in [5.74, 6) is 0. The summed E-state index contributed by atoms with van der Waals surface area (Å²) >= 11 is 0. The van der Waals surface area contributed by atoms with E-state index in [-0.39, 0.29) is 0 Å². The van der Waals surface area contributed by atoms with Gasteiger partial charge in [0.15, 0.2) is 0 Å². The van der Waals surface area contributed by atoms with E-state index in [4.69, 9.17) is 9.47 Å². The van der Waals surface area contributed by atoms with Crippen molar-refractivity contribution in [1.29, 1.82) is 0 Å². The van der Waals surface area contributed by atoms with Crippen molar-refractivity contribution in [3.63, 3.8) is 0 Å². The molecule has 0 spiro atoms. The van der Waals surface area contributed by atoms with Gasteiger partial charge in [0.05, 0.1) is 13.2 Å². The van der Waals surface area contributed by atoms with Crippen LogP contribution in [0.2, 0.25) is 0 Å². The molecule has 1 N–H and O–H groups in total. The molecule has 0 radical (unpaired) electrons. The molecular formula is C15H33NO2. The van der Waals surface area contributed by atoms with Gasteiger partial charge in [-0.15, -0.1) is 0 Å². The fourth-order valence-electron chi connectivity index (χ4n) is 1.90. The second-order valence-corrected chi connectivity index (χ2v) is 5.02. The number of methoxy groups -OCH3 is 1. The SMILES string of the molecule is CCCCCCC(C)NCCCCOCCOC. The summed E-state index contributed by atoms with van der Waals surface area (Å²) in [6, 6.07) is 0.663. The second-order valence-electron chi connectivity index (χ2n) is 5.02. The molecule has 1 unspecified atom stereocenters. The highest BCUT2D eigenvalue weighted by molar-refractivity contribution is 4.60. The third-order valence-electron chi connectivity index (χ3n) is 3.13. The predicted octanol–water partition coefficient (Wildman–Crippen LogP) is 3.38. The van der Waals surface area contributed by atoms with E-state index in [9.17, 15) is 0 Å². The van der Waals surface area contributed by atoms with Crippen LogP contribution in [-0.4, -0.2) is 39.5 Å². The largest absolute Gasteiger partial charge is 0.382 e. The molecule has 0 heterocycles. The van der Waals surface area contributed by atoms with Gasteiger partial charge in [-0.05, 0) is 32.7 Å². The van der Waals surface area contributed by atoms with Crippen molar-refractivity contribution in [2.75, 3.05) is 33.5 Å². The van der Waals surface area contributed by atoms with Gasteiger partial charge in [-0.25, -0.2) is 0 Å². The molecule has 1 atom stereocenters. The topological polar surface area (TPSA) is 30.5 Å². The number of hydrogen-bond donors (Lipinski definition) is 1. The average Bonchev–Trinajstić information content (AvgIpc) is 2.38. The van der Waals surface area contributed by atoms with E-state index in [1.807, 2.05) is 0 Å². The zero-order valence-corrected chi connectivity index (χ0v) is 12.7. The van der Waals surface area contributed by atoms with Gasteiger partial charge in [-0.1, -0.05) is 32.6 Å². The normalized spacial score (nSPS) is 12.8. The number of unbranched alkanes of at least 4 members (excludes halogenated alkanes) is 4. The van der Waals surface area contributed by atoms with E-state index in [2.05, 4.69) is 19.2 Å². The molecule has 110 valence electrons. The summed E-state index contributed by atoms with van der Waals surface area (Å²) in [6.45, 7) is 7.95. The minimum atomic E-state index is 0.663. The monoisotopic (exact) mass is 259 g/mol. The lowest BCUT2D eigenvalue weighted by Crippen LogP contribution is -2.27. The van der Waals surface area contributed by atoms with Gasteiger partial charge in [-0.3, -0.25) is 0 Å². The van der Waals surface area contributed by atoms with Crippen LogP contribution in [0.3, 0.4) is 0 Å². The number of rotatable bonds is 14. The van der Waals surface area contributed by atoms with Gasteiger partial charge >= 0.3 is 0 Å². The third kappa shape index (κ3) is 13.9. The summed E-state index contributed by atoms with van der Waals surface area (Å²) < 4.78 is 10.3. The van der Waals surface area contributed by atoms with Gasteiger partial charge in [0, 0.05) is 19.8 Å². The lowest BCUT2D eigenvalue weighted by atomic mass is 10.1. The molecule has 0 fully saturated rings. The Morgan fingerprint density at radius 2 is 1.78 bits per heavy atom. The molecule has 0 aromatic heterocycles. The summed E-state index contributed by atoms with van der Waals surface area (Å²) in [5.41, 5.74) is 0. The molecule has 0 aromatic rings. The standard InChI is InChI=1S/C15H33NO2/c1-4-5-6-7-10-15(2)16-11-8-9-12-18-14-13-17-3/h15-16H,4-14H2,1-3H3. The Morgan fingerprint density at radius 1 is 0.944 bits per heavy atom. The summed E-state index contributed by atoms with van der Waals surface area (Å²) in [5, 5.41) is 3.58. The predicted molar refractivity (Wildman–Crippen MR) is 78.2 cm³/mol. The summed E-state index contributed by atoms with van der Waals surface area (Å²) in [6.07, 6.45) is 9.10. The van der Waals surface area contributed by atoms with Crippen molar-refractivity contribution < 1.29 is 9.47 Å². The smallest absolute Gasteiger partial charge is 0.0700 e. The maximum atomic E-state index is 5.42. The molecule has 3 nitrogen and oxygen atoms in total. The van der Waals surface area contributed by atoms with Crippen LogP contribution < -0.4 is 5.32 Å². The molecular weight excluding hydrogens is 226 g/mol. The zero-order valence-electron chi connectivity index (χ0n) is 12.7. The number of hydrogen-bond acceptors (Lipinski definition) is 3. The van der Waals surface area contributed by atoms with Gasteiger partial charge < -0.3 is 14.8 Å². The van der Waals surface area contributed by atoms with Crippen molar-refractivity contribution in [2.45, 2.75) is 64.8 Å². The molecule has 0 bridgehead atoms. The summed E-state index contributed by atoms with van der Waals surface area (Å²) in [7, 11) is 1.70. The molecule has 0 saturated carbocycles. The molecule has 0 amide bonds. The van der Waals surface area contributed by atoms with Gasteiger partial charge in [0.2, 0.25) is 0 Å². The van der Waals surface area contributed by atoms with Crippen molar-refractivity contribution in [3.05, 3.63) is 0 Å². The molecule has 3 heteroatoms. The molecule has 0 aliphatic carbocycles. The van der Waals surface area contributed by atoms with E-state index in [0.29, 0.717) is 12.6 Å². The number of nitrogens with one attached hydrogen (secondary N) is 1. The van der Waals surface area contributed by atoms with Crippen molar-refractivity contribution in [1.82, 2.24) is 5.32 Å². The van der Waals surface area contributed by atoms with Crippen molar-refractivity contribution in [2.24, 2.45) is 0 Å². The highest BCUT2D eigenvalue weighted by Gasteiger charge is 2.00. The molecule has 0 saturated heterocycles. The summed E-state index contributed by atoms with van der Waals surface area (Å²) in [4.78, 5) is 0. The fourth-order valence-corrected chi connectivity index (χ4v) is 1.90. The highest BCUT2D eigenvalue weighted by Crippen LogP contribution is 2.05. The molecule has 0 rings (SSSR count). The van der Waals surface area contributed by atoms with Crippen LogP contribution in [0.15, 0.2) is 0 Å². The van der Waals surface area contributed by atoms with Crippen LogP contribution >= 0.6 is 0 Å². The lowest BCUT2D eigenvalue weighted by Gasteiger charge is -2.13. The van der Waals surface area contributed by atoms with Gasteiger partial charge in [0.25, 0.3) is 0 Å². The Bertz CT molecular complexity index is 153. The third-order valence-corrected chi connectivity index (χ3v) is 3.13. The molecule has 0 aromatic carbocycles. The Labute approximate surface area is 114 Å². The minimum absolute atomic E-state index is 0.663. The first kappa shape index (κ1) is 17.9. The first-order valence-corrected chi connectivity index (χ1v) is 7.61. The van der Waals surface area contributed by atoms with E-state index in [0.717, 1.165) is 26.2 Å². The van der Waals surface area contributed by atoms with Crippen LogP contribution in [0, 0.1) is 0 Å². The van der Waals surface area contributed by atoms with Crippen LogP contribution in [-0.2, 0) is 9.47 Å². The van der Waals surface area contributed by atoms with E-state index >= 15 is 0 Å². The maximum Gasteiger partial charge on any atom is 0.0700 e. The van der Waals surface area contributed by atoms with E-state index in [1.165, 1.54) is 38.5 Å². The van der Waals surface area contributed by atoms with E-state index in [1.54, 1.807) is 7.11 Å². The van der Waals surface area contributed by atoms with Crippen LogP contribution in [0.1, 0.15) is 58.8 Å². The Morgan fingerprint density at radius 3 is 2.50 bits per heavy atom. The highest BCUT2D eigenvalue weighted by atomic mass is 16.5. The zero-order chi connectivity index (χ0) is 13.5. The lowest BCUT2D eigenvalue weighted by molar-refractivity contribution is 0.0687. The van der Waals surface area contributed by atoms with E-state index < -0.39 is 0 Å². The Kier molecular flexibility index (Phi) is 14.8. The quantitative estimate of drug-likeness (QED) is 0.485. The number of ether oxygens (including phenoxy) is 2. The van der Waals surface area contributed by atoms with Gasteiger partial charge in [-0.2, -0.15) is 0 Å². The van der Waals surface area contributed by atoms with Crippen LogP contribution in [0.5, 0.6) is 0 Å². The van der Waals surface area contributed by atoms with Crippen LogP contribution in [0.4, 0.5) is 0 Å². The first-order valence-electron chi connectivity index (χ1n) is 7.61. The first-order chi connectivity index (χ1) is 8.81. The Balaban J connectivity index is 3.08. The van der Waals surface area contributed by atoms with Crippen molar-refractivity contribution >= 4 is 0 Å². The average molecular weight is 259 g/mol. The minimum Gasteiger partial charge on any atom is -0.382 e. The fraction of sp³-hybridized carbons (Fsp3) is 1.00.